The summed E-state index contributed by atoms with van der Waals surface area (Å²) in [5.41, 5.74) is 6.57. The molecule has 182 valence electrons. The highest BCUT2D eigenvalue weighted by Crippen LogP contribution is 2.31. The fourth-order valence-electron chi connectivity index (χ4n) is 4.91. The maximum atomic E-state index is 13.3. The number of fused-ring (bicyclic) bond motifs is 2. The summed E-state index contributed by atoms with van der Waals surface area (Å²) >= 11 is 0. The highest BCUT2D eigenvalue weighted by atomic mass is 16.5. The first kappa shape index (κ1) is 24.3. The topological polar surface area (TPSA) is 72.1 Å². The molecular formula is C27H37N5O2. The van der Waals surface area contributed by atoms with Gasteiger partial charge in [-0.25, -0.2) is 9.98 Å². The van der Waals surface area contributed by atoms with Crippen LogP contribution in [0.2, 0.25) is 0 Å². The summed E-state index contributed by atoms with van der Waals surface area (Å²) in [5.74, 6) is 0.563. The van der Waals surface area contributed by atoms with Gasteiger partial charge in [0.05, 0.1) is 23.7 Å². The van der Waals surface area contributed by atoms with E-state index in [0.717, 1.165) is 74.4 Å². The van der Waals surface area contributed by atoms with Crippen LogP contribution >= 0.6 is 0 Å². The van der Waals surface area contributed by atoms with Gasteiger partial charge in [-0.3, -0.25) is 4.79 Å². The van der Waals surface area contributed by atoms with Crippen LogP contribution in [0.1, 0.15) is 75.5 Å². The van der Waals surface area contributed by atoms with Crippen molar-refractivity contribution >= 4 is 22.8 Å². The highest BCUT2D eigenvalue weighted by molar-refractivity contribution is 6.49. The second-order valence-corrected chi connectivity index (χ2v) is 9.03. The molecule has 7 nitrogen and oxygen atoms in total. The lowest BCUT2D eigenvalue weighted by Gasteiger charge is -2.30. The predicted molar refractivity (Wildman–Crippen MR) is 139 cm³/mol. The van der Waals surface area contributed by atoms with Crippen LogP contribution in [-0.2, 0) is 24.0 Å². The highest BCUT2D eigenvalue weighted by Gasteiger charge is 2.28. The Morgan fingerprint density at radius 1 is 1.15 bits per heavy atom. The van der Waals surface area contributed by atoms with Crippen molar-refractivity contribution in [3.63, 3.8) is 0 Å². The van der Waals surface area contributed by atoms with Gasteiger partial charge in [-0.05, 0) is 62.8 Å². The van der Waals surface area contributed by atoms with Crippen molar-refractivity contribution < 1.29 is 4.74 Å². The third-order valence-electron chi connectivity index (χ3n) is 6.76. The molecule has 4 rings (SSSR count). The summed E-state index contributed by atoms with van der Waals surface area (Å²) in [4.78, 5) is 25.7. The van der Waals surface area contributed by atoms with Crippen LogP contribution in [0.3, 0.4) is 0 Å². The van der Waals surface area contributed by atoms with E-state index >= 15 is 0 Å². The van der Waals surface area contributed by atoms with Gasteiger partial charge in [-0.15, -0.1) is 0 Å². The zero-order valence-corrected chi connectivity index (χ0v) is 21.1. The predicted octanol–water partition coefficient (Wildman–Crippen LogP) is 4.69. The van der Waals surface area contributed by atoms with Gasteiger partial charge in [0.25, 0.3) is 5.56 Å². The molecule has 0 aliphatic carbocycles. The van der Waals surface area contributed by atoms with Crippen molar-refractivity contribution in [2.24, 2.45) is 10.1 Å². The summed E-state index contributed by atoms with van der Waals surface area (Å²) in [6, 6.07) is 6.46. The summed E-state index contributed by atoms with van der Waals surface area (Å²) in [6.07, 6.45) is 7.51. The van der Waals surface area contributed by atoms with E-state index in [2.05, 4.69) is 36.9 Å². The summed E-state index contributed by atoms with van der Waals surface area (Å²) in [5, 5.41) is 4.73. The molecule has 0 amide bonds. The monoisotopic (exact) mass is 463 g/mol. The SMILES string of the molecule is CCCCCC1=Nn2c(nc(CCOC)c(CC)c2=O)C1=Nc1ccc2c(c1)CCCN2CC. The van der Waals surface area contributed by atoms with Crippen LogP contribution in [0.15, 0.2) is 33.1 Å². The Morgan fingerprint density at radius 3 is 2.74 bits per heavy atom. The van der Waals surface area contributed by atoms with E-state index in [1.54, 1.807) is 7.11 Å². The standard InChI is InChI=1S/C27H37N5O2/c1-5-8-9-12-23-25(28-20-13-14-24-19(18-20)11-10-16-31(24)7-3)26-29-22(15-17-34-4)21(6-2)27(33)32(26)30-23/h13-14,18H,5-12,15-17H2,1-4H3. The van der Waals surface area contributed by atoms with E-state index in [1.807, 2.05) is 6.92 Å². The van der Waals surface area contributed by atoms with E-state index in [9.17, 15) is 4.79 Å². The number of benzene rings is 1. The Kier molecular flexibility index (Phi) is 7.93. The molecule has 0 bridgehead atoms. The fourth-order valence-corrected chi connectivity index (χ4v) is 4.91. The van der Waals surface area contributed by atoms with Crippen LogP contribution in [0.5, 0.6) is 0 Å². The van der Waals surface area contributed by atoms with E-state index in [-0.39, 0.29) is 5.56 Å². The first-order chi connectivity index (χ1) is 16.6. The quantitative estimate of drug-likeness (QED) is 0.480. The van der Waals surface area contributed by atoms with Gasteiger partial charge < -0.3 is 9.64 Å². The van der Waals surface area contributed by atoms with Crippen LogP contribution in [0, 0.1) is 0 Å². The Bertz CT molecular complexity index is 1150. The van der Waals surface area contributed by atoms with Gasteiger partial charge in [0.1, 0.15) is 5.71 Å². The van der Waals surface area contributed by atoms with Crippen molar-refractivity contribution in [2.75, 3.05) is 31.7 Å². The molecule has 0 saturated carbocycles. The molecule has 0 fully saturated rings. The number of aromatic nitrogens is 2. The first-order valence-electron chi connectivity index (χ1n) is 12.8. The lowest BCUT2D eigenvalue weighted by molar-refractivity contribution is 0.201. The summed E-state index contributed by atoms with van der Waals surface area (Å²) in [6.45, 7) is 9.03. The Labute approximate surface area is 202 Å². The zero-order chi connectivity index (χ0) is 24.1. The number of rotatable bonds is 10. The molecule has 0 saturated heterocycles. The lowest BCUT2D eigenvalue weighted by Crippen LogP contribution is -2.28. The number of nitrogens with zero attached hydrogens (tertiary/aromatic N) is 5. The molecule has 1 aromatic carbocycles. The smallest absolute Gasteiger partial charge is 0.277 e. The molecule has 0 radical (unpaired) electrons. The van der Waals surface area contributed by atoms with Gasteiger partial charge >= 0.3 is 0 Å². The average Bonchev–Trinajstić information content (AvgIpc) is 3.19. The fraction of sp³-hybridized carbons (Fsp3) is 0.556. The minimum atomic E-state index is -0.0826. The van der Waals surface area contributed by atoms with Crippen molar-refractivity contribution in [1.29, 1.82) is 0 Å². The number of aliphatic imine (C=N–C) groups is 1. The lowest BCUT2D eigenvalue weighted by atomic mass is 10.0. The molecule has 2 aliphatic heterocycles. The van der Waals surface area contributed by atoms with Gasteiger partial charge in [0.15, 0.2) is 5.82 Å². The van der Waals surface area contributed by atoms with Crippen molar-refractivity contribution in [3.8, 4) is 0 Å². The third kappa shape index (κ3) is 4.85. The van der Waals surface area contributed by atoms with Crippen LogP contribution in [0.4, 0.5) is 11.4 Å². The molecule has 0 unspecified atom stereocenters. The molecule has 0 N–H and O–H groups in total. The Hall–Kier alpha value is -2.80. The van der Waals surface area contributed by atoms with Crippen LogP contribution in [0.25, 0.3) is 0 Å². The number of methoxy groups -OCH3 is 1. The number of ether oxygens (including phenoxy) is 1. The van der Waals surface area contributed by atoms with Gasteiger partial charge in [0, 0.05) is 37.9 Å². The maximum absolute atomic E-state index is 13.3. The van der Waals surface area contributed by atoms with Crippen LogP contribution < -0.4 is 10.5 Å². The van der Waals surface area contributed by atoms with Gasteiger partial charge in [0.2, 0.25) is 0 Å². The molecule has 34 heavy (non-hydrogen) atoms. The van der Waals surface area contributed by atoms with E-state index in [1.165, 1.54) is 15.9 Å². The third-order valence-corrected chi connectivity index (χ3v) is 6.76. The molecule has 0 spiro atoms. The summed E-state index contributed by atoms with van der Waals surface area (Å²) < 4.78 is 6.75. The van der Waals surface area contributed by atoms with Crippen molar-refractivity contribution in [3.05, 3.63) is 51.2 Å². The zero-order valence-electron chi connectivity index (χ0n) is 21.1. The minimum Gasteiger partial charge on any atom is -0.384 e. The molecule has 2 aliphatic rings. The van der Waals surface area contributed by atoms with Crippen LogP contribution in [-0.4, -0.2) is 47.9 Å². The molecule has 1 aromatic heterocycles. The molecule has 0 atom stereocenters. The normalized spacial score (nSPS) is 16.1. The average molecular weight is 464 g/mol. The molecule has 3 heterocycles. The Balaban J connectivity index is 1.79. The van der Waals surface area contributed by atoms with E-state index in [4.69, 9.17) is 19.8 Å². The number of unbranched alkanes of at least 4 members (excludes halogenated alkanes) is 2. The number of aryl methyl sites for hydroxylation is 1. The second-order valence-electron chi connectivity index (χ2n) is 9.03. The summed E-state index contributed by atoms with van der Waals surface area (Å²) in [7, 11) is 1.67. The number of hydrogen-bond acceptors (Lipinski definition) is 6. The van der Waals surface area contributed by atoms with E-state index < -0.39 is 0 Å². The first-order valence-corrected chi connectivity index (χ1v) is 12.8. The second kappa shape index (κ2) is 11.1. The maximum Gasteiger partial charge on any atom is 0.277 e. The molecule has 2 aromatic rings. The number of anilines is 1. The van der Waals surface area contributed by atoms with E-state index in [0.29, 0.717) is 30.8 Å². The minimum absolute atomic E-state index is 0.0826. The molecule has 7 heteroatoms. The largest absolute Gasteiger partial charge is 0.384 e. The van der Waals surface area contributed by atoms with Gasteiger partial charge in [-0.2, -0.15) is 9.78 Å². The molecular weight excluding hydrogens is 426 g/mol. The van der Waals surface area contributed by atoms with Crippen molar-refractivity contribution in [2.45, 2.75) is 72.1 Å². The van der Waals surface area contributed by atoms with Gasteiger partial charge in [-0.1, -0.05) is 26.7 Å². The van der Waals surface area contributed by atoms with Crippen molar-refractivity contribution in [1.82, 2.24) is 9.66 Å². The number of hydrogen-bond donors (Lipinski definition) is 0. The Morgan fingerprint density at radius 2 is 2.00 bits per heavy atom.